The van der Waals surface area contributed by atoms with Crippen LogP contribution in [0.5, 0.6) is 0 Å². The molecule has 1 saturated carbocycles. The maximum Gasteiger partial charge on any atom is 0.253 e. The van der Waals surface area contributed by atoms with Crippen LogP contribution in [0, 0.1) is 11.3 Å². The Hall–Kier alpha value is -2.66. The molecule has 2 aromatic rings. The first-order chi connectivity index (χ1) is 13.7. The van der Waals surface area contributed by atoms with E-state index in [2.05, 4.69) is 16.0 Å². The third kappa shape index (κ3) is 4.09. The van der Waals surface area contributed by atoms with E-state index in [-0.39, 0.29) is 23.1 Å². The van der Waals surface area contributed by atoms with Crippen molar-refractivity contribution in [1.29, 1.82) is 0 Å². The van der Waals surface area contributed by atoms with E-state index >= 15 is 0 Å². The predicted molar refractivity (Wildman–Crippen MR) is 110 cm³/mol. The quantitative estimate of drug-likeness (QED) is 0.725. The second kappa shape index (κ2) is 8.15. The SMILES string of the molecule is O=C(NCCc1ccccc1)c1ccccc1NC(=O)C1CC12CCNCC2. The van der Waals surface area contributed by atoms with Gasteiger partial charge in [-0.1, -0.05) is 42.5 Å². The molecule has 1 unspecified atom stereocenters. The van der Waals surface area contributed by atoms with Gasteiger partial charge in [0.15, 0.2) is 0 Å². The minimum atomic E-state index is -0.154. The maximum absolute atomic E-state index is 12.8. The standard InChI is InChI=1S/C23H27N3O2/c27-21(25-13-10-17-6-2-1-3-7-17)18-8-4-5-9-20(18)26-22(28)19-16-23(19)11-14-24-15-12-23/h1-9,19,24H,10-16H2,(H,25,27)(H,26,28). The summed E-state index contributed by atoms with van der Waals surface area (Å²) in [6.07, 6.45) is 3.87. The minimum absolute atomic E-state index is 0.0476. The molecule has 2 aromatic carbocycles. The topological polar surface area (TPSA) is 70.2 Å². The highest BCUT2D eigenvalue weighted by Gasteiger charge is 2.57. The molecule has 2 fully saturated rings. The van der Waals surface area contributed by atoms with Crippen molar-refractivity contribution in [2.24, 2.45) is 11.3 Å². The average molecular weight is 377 g/mol. The predicted octanol–water partition coefficient (Wildman–Crippen LogP) is 2.99. The lowest BCUT2D eigenvalue weighted by Gasteiger charge is -2.23. The molecule has 1 aliphatic heterocycles. The molecule has 28 heavy (non-hydrogen) atoms. The van der Waals surface area contributed by atoms with E-state index in [0.717, 1.165) is 38.8 Å². The van der Waals surface area contributed by atoms with Crippen molar-refractivity contribution in [2.45, 2.75) is 25.7 Å². The van der Waals surface area contributed by atoms with Crippen LogP contribution in [0.25, 0.3) is 0 Å². The second-order valence-corrected chi connectivity index (χ2v) is 7.90. The van der Waals surface area contributed by atoms with Gasteiger partial charge in [-0.05, 0) is 61.9 Å². The van der Waals surface area contributed by atoms with E-state index < -0.39 is 0 Å². The highest BCUT2D eigenvalue weighted by Crippen LogP contribution is 2.58. The van der Waals surface area contributed by atoms with Gasteiger partial charge >= 0.3 is 0 Å². The first-order valence-electron chi connectivity index (χ1n) is 10.1. The highest BCUT2D eigenvalue weighted by atomic mass is 16.2. The summed E-state index contributed by atoms with van der Waals surface area (Å²) < 4.78 is 0. The Morgan fingerprint density at radius 3 is 2.50 bits per heavy atom. The molecule has 0 radical (unpaired) electrons. The molecule has 1 saturated heterocycles. The number of para-hydroxylation sites is 1. The Balaban J connectivity index is 1.35. The molecule has 1 aliphatic carbocycles. The van der Waals surface area contributed by atoms with E-state index in [0.29, 0.717) is 17.8 Å². The van der Waals surface area contributed by atoms with Crippen molar-refractivity contribution in [2.75, 3.05) is 25.0 Å². The van der Waals surface area contributed by atoms with Gasteiger partial charge in [0.2, 0.25) is 5.91 Å². The molecule has 1 atom stereocenters. The number of amides is 2. The number of carbonyl (C=O) groups is 2. The first-order valence-corrected chi connectivity index (χ1v) is 10.1. The average Bonchev–Trinajstić information content (AvgIpc) is 3.42. The summed E-state index contributed by atoms with van der Waals surface area (Å²) in [6.45, 7) is 2.54. The lowest BCUT2D eigenvalue weighted by molar-refractivity contribution is -0.118. The van der Waals surface area contributed by atoms with Gasteiger partial charge in [-0.25, -0.2) is 0 Å². The number of piperidine rings is 1. The fourth-order valence-electron chi connectivity index (χ4n) is 4.27. The van der Waals surface area contributed by atoms with Crippen molar-refractivity contribution in [3.8, 4) is 0 Å². The molecule has 5 heteroatoms. The Bertz CT molecular complexity index is 844. The molecule has 1 spiro atoms. The van der Waals surface area contributed by atoms with Crippen LogP contribution in [0.3, 0.4) is 0 Å². The molecule has 5 nitrogen and oxygen atoms in total. The van der Waals surface area contributed by atoms with Crippen LogP contribution >= 0.6 is 0 Å². The van der Waals surface area contributed by atoms with E-state index in [1.54, 1.807) is 6.07 Å². The summed E-state index contributed by atoms with van der Waals surface area (Å²) in [5, 5.41) is 9.34. The van der Waals surface area contributed by atoms with Crippen molar-refractivity contribution < 1.29 is 9.59 Å². The number of carbonyl (C=O) groups excluding carboxylic acids is 2. The monoisotopic (exact) mass is 377 g/mol. The minimum Gasteiger partial charge on any atom is -0.352 e. The van der Waals surface area contributed by atoms with Crippen molar-refractivity contribution in [1.82, 2.24) is 10.6 Å². The van der Waals surface area contributed by atoms with Gasteiger partial charge in [-0.3, -0.25) is 9.59 Å². The Morgan fingerprint density at radius 1 is 1.00 bits per heavy atom. The normalized spacial score (nSPS) is 19.8. The molecule has 2 aliphatic rings. The number of hydrogen-bond acceptors (Lipinski definition) is 3. The summed E-state index contributed by atoms with van der Waals surface area (Å²) in [4.78, 5) is 25.4. The van der Waals surface area contributed by atoms with Crippen LogP contribution in [0.4, 0.5) is 5.69 Å². The molecule has 146 valence electrons. The number of nitrogens with one attached hydrogen (secondary N) is 3. The van der Waals surface area contributed by atoms with Gasteiger partial charge in [0.05, 0.1) is 11.3 Å². The summed E-state index contributed by atoms with van der Waals surface area (Å²) in [5.41, 5.74) is 2.48. The molecule has 3 N–H and O–H groups in total. The number of benzene rings is 2. The van der Waals surface area contributed by atoms with Crippen LogP contribution in [0.15, 0.2) is 54.6 Å². The van der Waals surface area contributed by atoms with Crippen LogP contribution in [-0.4, -0.2) is 31.4 Å². The molecule has 2 amide bonds. The number of hydrogen-bond donors (Lipinski definition) is 3. The van der Waals surface area contributed by atoms with E-state index in [9.17, 15) is 9.59 Å². The van der Waals surface area contributed by atoms with Crippen LogP contribution in [0.2, 0.25) is 0 Å². The largest absolute Gasteiger partial charge is 0.352 e. The zero-order chi connectivity index (χ0) is 19.4. The van der Waals surface area contributed by atoms with E-state index in [1.165, 1.54) is 5.56 Å². The lowest BCUT2D eigenvalue weighted by atomic mass is 9.91. The summed E-state index contributed by atoms with van der Waals surface area (Å²) >= 11 is 0. The molecule has 0 bridgehead atoms. The number of rotatable bonds is 6. The van der Waals surface area contributed by atoms with Crippen molar-refractivity contribution in [3.05, 3.63) is 65.7 Å². The number of anilines is 1. The van der Waals surface area contributed by atoms with Gasteiger partial charge in [0.25, 0.3) is 5.91 Å². The maximum atomic E-state index is 12.8. The fraction of sp³-hybridized carbons (Fsp3) is 0.391. The van der Waals surface area contributed by atoms with Crippen molar-refractivity contribution >= 4 is 17.5 Å². The van der Waals surface area contributed by atoms with Crippen LogP contribution in [0.1, 0.15) is 35.2 Å². The molecule has 1 heterocycles. The Labute approximate surface area is 165 Å². The van der Waals surface area contributed by atoms with E-state index in [4.69, 9.17) is 0 Å². The molecular formula is C23H27N3O2. The van der Waals surface area contributed by atoms with Gasteiger partial charge in [-0.15, -0.1) is 0 Å². The molecular weight excluding hydrogens is 350 g/mol. The van der Waals surface area contributed by atoms with Gasteiger partial charge in [0.1, 0.15) is 0 Å². The van der Waals surface area contributed by atoms with E-state index in [1.807, 2.05) is 48.5 Å². The molecule has 4 rings (SSSR count). The van der Waals surface area contributed by atoms with Gasteiger partial charge in [-0.2, -0.15) is 0 Å². The van der Waals surface area contributed by atoms with Crippen molar-refractivity contribution in [3.63, 3.8) is 0 Å². The van der Waals surface area contributed by atoms with Crippen LogP contribution in [-0.2, 0) is 11.2 Å². The molecule has 0 aromatic heterocycles. The summed E-state index contributed by atoms with van der Waals surface area (Å²) in [6, 6.07) is 17.3. The Kier molecular flexibility index (Phi) is 5.44. The van der Waals surface area contributed by atoms with Gasteiger partial charge < -0.3 is 16.0 Å². The zero-order valence-electron chi connectivity index (χ0n) is 16.0. The third-order valence-corrected chi connectivity index (χ3v) is 6.08. The summed E-state index contributed by atoms with van der Waals surface area (Å²) in [7, 11) is 0. The zero-order valence-corrected chi connectivity index (χ0v) is 16.0. The smallest absolute Gasteiger partial charge is 0.253 e. The van der Waals surface area contributed by atoms with Crippen LogP contribution < -0.4 is 16.0 Å². The highest BCUT2D eigenvalue weighted by molar-refractivity contribution is 6.04. The Morgan fingerprint density at radius 2 is 1.71 bits per heavy atom. The second-order valence-electron chi connectivity index (χ2n) is 7.90. The third-order valence-electron chi connectivity index (χ3n) is 6.08. The first kappa shape index (κ1) is 18.7. The van der Waals surface area contributed by atoms with Gasteiger partial charge in [0, 0.05) is 12.5 Å². The lowest BCUT2D eigenvalue weighted by Crippen LogP contribution is -2.32. The summed E-state index contributed by atoms with van der Waals surface area (Å²) in [5.74, 6) is -0.0329. The fourth-order valence-corrected chi connectivity index (χ4v) is 4.27.